The van der Waals surface area contributed by atoms with Crippen molar-refractivity contribution >= 4 is 5.97 Å². The van der Waals surface area contributed by atoms with E-state index in [1.165, 1.54) is 18.1 Å². The van der Waals surface area contributed by atoms with Crippen molar-refractivity contribution in [3.63, 3.8) is 0 Å². The quantitative estimate of drug-likeness (QED) is 0.707. The van der Waals surface area contributed by atoms with Crippen LogP contribution in [0, 0.1) is 26.7 Å². The van der Waals surface area contributed by atoms with E-state index in [9.17, 15) is 4.79 Å². The molecule has 0 unspecified atom stereocenters. The standard InChI is InChI=1S/C22H29NO5/c1-14-9-10-18(11-15(14)2)20-23-19(16(3)28-20)8-6-5-7-17-12-26-22(4,21(24)25)27-13-17/h9-11,17H,5-8,12-13H2,1-4H3,(H,24,25). The predicted molar refractivity (Wildman–Crippen MR) is 105 cm³/mol. The minimum atomic E-state index is -1.50. The molecule has 1 saturated heterocycles. The van der Waals surface area contributed by atoms with E-state index in [0.29, 0.717) is 19.1 Å². The largest absolute Gasteiger partial charge is 0.477 e. The molecule has 2 aromatic rings. The highest BCUT2D eigenvalue weighted by Crippen LogP contribution is 2.27. The van der Waals surface area contributed by atoms with Crippen LogP contribution in [0.3, 0.4) is 0 Å². The molecule has 2 heterocycles. The van der Waals surface area contributed by atoms with E-state index in [1.807, 2.05) is 13.0 Å². The number of benzene rings is 1. The van der Waals surface area contributed by atoms with E-state index in [1.54, 1.807) is 0 Å². The highest BCUT2D eigenvalue weighted by atomic mass is 16.7. The fourth-order valence-corrected chi connectivity index (χ4v) is 3.32. The number of carbonyl (C=O) groups is 1. The Kier molecular flexibility index (Phi) is 6.20. The van der Waals surface area contributed by atoms with Gasteiger partial charge in [0.1, 0.15) is 5.76 Å². The number of hydrogen-bond acceptors (Lipinski definition) is 5. The topological polar surface area (TPSA) is 81.8 Å². The van der Waals surface area contributed by atoms with E-state index >= 15 is 0 Å². The van der Waals surface area contributed by atoms with Crippen molar-refractivity contribution in [2.24, 2.45) is 5.92 Å². The smallest absolute Gasteiger partial charge is 0.364 e. The van der Waals surface area contributed by atoms with E-state index < -0.39 is 11.8 Å². The van der Waals surface area contributed by atoms with Crippen LogP contribution in [0.2, 0.25) is 0 Å². The van der Waals surface area contributed by atoms with Gasteiger partial charge < -0.3 is 19.0 Å². The zero-order valence-electron chi connectivity index (χ0n) is 17.1. The van der Waals surface area contributed by atoms with Crippen LogP contribution in [0.4, 0.5) is 0 Å². The van der Waals surface area contributed by atoms with Crippen molar-refractivity contribution in [2.45, 2.75) is 59.2 Å². The van der Waals surface area contributed by atoms with Gasteiger partial charge in [-0.2, -0.15) is 0 Å². The van der Waals surface area contributed by atoms with Crippen molar-refractivity contribution < 1.29 is 23.8 Å². The van der Waals surface area contributed by atoms with Crippen LogP contribution in [-0.2, 0) is 20.7 Å². The molecule has 6 heteroatoms. The molecule has 1 aliphatic heterocycles. The lowest BCUT2D eigenvalue weighted by atomic mass is 10.0. The maximum atomic E-state index is 11.1. The Balaban J connectivity index is 1.48. The van der Waals surface area contributed by atoms with E-state index in [0.717, 1.165) is 42.7 Å². The number of rotatable bonds is 7. The zero-order chi connectivity index (χ0) is 20.3. The number of aromatic nitrogens is 1. The summed E-state index contributed by atoms with van der Waals surface area (Å²) in [4.78, 5) is 15.8. The fraction of sp³-hybridized carbons (Fsp3) is 0.545. The highest BCUT2D eigenvalue weighted by molar-refractivity contribution is 5.75. The molecule has 6 nitrogen and oxygen atoms in total. The number of carboxylic acid groups (broad SMARTS) is 1. The molecule has 0 amide bonds. The molecular weight excluding hydrogens is 358 g/mol. The minimum Gasteiger partial charge on any atom is -0.477 e. The molecule has 3 rings (SSSR count). The number of unbranched alkanes of at least 4 members (excludes halogenated alkanes) is 1. The number of aryl methyl sites for hydroxylation is 4. The third-order valence-corrected chi connectivity index (χ3v) is 5.50. The SMILES string of the molecule is Cc1ccc(-c2nc(CCCCC3COC(C)(C(=O)O)OC3)c(C)o2)cc1C. The monoisotopic (exact) mass is 387 g/mol. The highest BCUT2D eigenvalue weighted by Gasteiger charge is 2.40. The lowest BCUT2D eigenvalue weighted by molar-refractivity contribution is -0.271. The molecule has 0 bridgehead atoms. The number of hydrogen-bond donors (Lipinski definition) is 1. The molecule has 152 valence electrons. The van der Waals surface area contributed by atoms with Gasteiger partial charge >= 0.3 is 5.97 Å². The molecular formula is C22H29NO5. The average molecular weight is 387 g/mol. The summed E-state index contributed by atoms with van der Waals surface area (Å²) in [5.74, 6) is -0.796. The second-order valence-electron chi connectivity index (χ2n) is 7.81. The zero-order valence-corrected chi connectivity index (χ0v) is 17.1. The number of carboxylic acids is 1. The van der Waals surface area contributed by atoms with Crippen LogP contribution in [0.25, 0.3) is 11.5 Å². The molecule has 0 saturated carbocycles. The Morgan fingerprint density at radius 3 is 2.54 bits per heavy atom. The van der Waals surface area contributed by atoms with Crippen LogP contribution in [-0.4, -0.2) is 35.1 Å². The molecule has 1 aliphatic rings. The van der Waals surface area contributed by atoms with E-state index in [-0.39, 0.29) is 5.92 Å². The number of oxazole rings is 1. The van der Waals surface area contributed by atoms with Crippen LogP contribution in [0.5, 0.6) is 0 Å². The van der Waals surface area contributed by atoms with Crippen molar-refractivity contribution in [1.82, 2.24) is 4.98 Å². The Labute approximate surface area is 165 Å². The third kappa shape index (κ3) is 4.62. The average Bonchev–Trinajstić information content (AvgIpc) is 3.03. The van der Waals surface area contributed by atoms with Gasteiger partial charge in [0.25, 0.3) is 5.79 Å². The van der Waals surface area contributed by atoms with Crippen LogP contribution in [0.1, 0.15) is 48.8 Å². The second-order valence-corrected chi connectivity index (χ2v) is 7.81. The first-order chi connectivity index (χ1) is 13.3. The van der Waals surface area contributed by atoms with Crippen molar-refractivity contribution in [3.05, 3.63) is 40.8 Å². The first-order valence-corrected chi connectivity index (χ1v) is 9.84. The molecule has 1 N–H and O–H groups in total. The second kappa shape index (κ2) is 8.45. The Bertz CT molecular complexity index is 833. The van der Waals surface area contributed by atoms with Crippen LogP contribution >= 0.6 is 0 Å². The van der Waals surface area contributed by atoms with Gasteiger partial charge in [-0.05, 0) is 63.3 Å². The van der Waals surface area contributed by atoms with Crippen molar-refractivity contribution in [3.8, 4) is 11.5 Å². The van der Waals surface area contributed by atoms with Gasteiger partial charge in [-0.15, -0.1) is 0 Å². The van der Waals surface area contributed by atoms with Crippen molar-refractivity contribution in [1.29, 1.82) is 0 Å². The lowest BCUT2D eigenvalue weighted by Gasteiger charge is -2.34. The summed E-state index contributed by atoms with van der Waals surface area (Å²) < 4.78 is 16.7. The van der Waals surface area contributed by atoms with E-state index in [2.05, 4.69) is 26.0 Å². The van der Waals surface area contributed by atoms with Crippen molar-refractivity contribution in [2.75, 3.05) is 13.2 Å². The van der Waals surface area contributed by atoms with Gasteiger partial charge in [0.2, 0.25) is 5.89 Å². The molecule has 1 fully saturated rings. The first-order valence-electron chi connectivity index (χ1n) is 9.84. The summed E-state index contributed by atoms with van der Waals surface area (Å²) in [7, 11) is 0. The molecule has 0 aliphatic carbocycles. The summed E-state index contributed by atoms with van der Waals surface area (Å²) in [5.41, 5.74) is 4.50. The summed E-state index contributed by atoms with van der Waals surface area (Å²) in [6.45, 7) is 8.43. The van der Waals surface area contributed by atoms with Gasteiger partial charge in [0.15, 0.2) is 0 Å². The minimum absolute atomic E-state index is 0.233. The maximum absolute atomic E-state index is 11.1. The number of aliphatic carboxylic acids is 1. The Hall–Kier alpha value is -2.18. The summed E-state index contributed by atoms with van der Waals surface area (Å²) in [6, 6.07) is 6.25. The predicted octanol–water partition coefficient (Wildman–Crippen LogP) is 4.44. The number of ether oxygens (including phenoxy) is 2. The van der Waals surface area contributed by atoms with Gasteiger partial charge in [-0.3, -0.25) is 0 Å². The van der Waals surface area contributed by atoms with Gasteiger partial charge in [0, 0.05) is 18.4 Å². The molecule has 0 spiro atoms. The van der Waals surface area contributed by atoms with Crippen LogP contribution in [0.15, 0.2) is 22.6 Å². The molecule has 1 aromatic carbocycles. The summed E-state index contributed by atoms with van der Waals surface area (Å²) >= 11 is 0. The van der Waals surface area contributed by atoms with Crippen LogP contribution < -0.4 is 0 Å². The first kappa shape index (κ1) is 20.6. The molecule has 1 aromatic heterocycles. The van der Waals surface area contributed by atoms with Gasteiger partial charge in [-0.25, -0.2) is 9.78 Å². The van der Waals surface area contributed by atoms with E-state index in [4.69, 9.17) is 24.0 Å². The van der Waals surface area contributed by atoms with Gasteiger partial charge in [0.05, 0.1) is 18.9 Å². The summed E-state index contributed by atoms with van der Waals surface area (Å²) in [6.07, 6.45) is 3.80. The molecule has 28 heavy (non-hydrogen) atoms. The normalized spacial score (nSPS) is 22.4. The summed E-state index contributed by atoms with van der Waals surface area (Å²) in [5, 5.41) is 9.10. The Morgan fingerprint density at radius 1 is 1.18 bits per heavy atom. The number of nitrogens with zero attached hydrogens (tertiary/aromatic N) is 1. The molecule has 0 atom stereocenters. The van der Waals surface area contributed by atoms with Gasteiger partial charge in [-0.1, -0.05) is 12.5 Å². The Morgan fingerprint density at radius 2 is 1.89 bits per heavy atom. The molecule has 0 radical (unpaired) electrons. The lowest BCUT2D eigenvalue weighted by Crippen LogP contribution is -2.47. The maximum Gasteiger partial charge on any atom is 0.364 e. The third-order valence-electron chi connectivity index (χ3n) is 5.50. The fourth-order valence-electron chi connectivity index (χ4n) is 3.32.